The summed E-state index contributed by atoms with van der Waals surface area (Å²) in [4.78, 5) is 12.1. The average molecular weight is 220 g/mol. The number of carbonyl (C=O) groups is 1. The predicted molar refractivity (Wildman–Crippen MR) is 60.7 cm³/mol. The Bertz CT molecular complexity index is 392. The van der Waals surface area contributed by atoms with Crippen LogP contribution in [0.25, 0.3) is 0 Å². The van der Waals surface area contributed by atoms with Crippen LogP contribution in [0.15, 0.2) is 18.2 Å². The van der Waals surface area contributed by atoms with Crippen LogP contribution in [0.4, 0.5) is 0 Å². The van der Waals surface area contributed by atoms with Crippen molar-refractivity contribution in [2.45, 2.75) is 32.1 Å². The van der Waals surface area contributed by atoms with Gasteiger partial charge in [-0.05, 0) is 25.0 Å². The third-order valence-electron chi connectivity index (χ3n) is 3.26. The van der Waals surface area contributed by atoms with Crippen LogP contribution >= 0.6 is 0 Å². The monoisotopic (exact) mass is 220 g/mol. The highest BCUT2D eigenvalue weighted by Gasteiger charge is 2.25. The van der Waals surface area contributed by atoms with Gasteiger partial charge >= 0.3 is 0 Å². The van der Waals surface area contributed by atoms with E-state index in [4.69, 9.17) is 0 Å². The van der Waals surface area contributed by atoms with Crippen LogP contribution in [0, 0.1) is 5.92 Å². The third kappa shape index (κ3) is 2.03. The van der Waals surface area contributed by atoms with E-state index in [-0.39, 0.29) is 28.8 Å². The molecular weight excluding hydrogens is 204 g/mol. The number of hydrogen-bond acceptors (Lipinski definition) is 3. The van der Waals surface area contributed by atoms with E-state index in [0.29, 0.717) is 0 Å². The lowest BCUT2D eigenvalue weighted by Crippen LogP contribution is -2.17. The van der Waals surface area contributed by atoms with Crippen molar-refractivity contribution in [2.24, 2.45) is 5.92 Å². The number of aromatic hydroxyl groups is 2. The van der Waals surface area contributed by atoms with Crippen molar-refractivity contribution in [3.63, 3.8) is 0 Å². The second-order valence-corrected chi connectivity index (χ2v) is 4.37. The highest BCUT2D eigenvalue weighted by molar-refractivity contribution is 6.00. The number of benzene rings is 1. The summed E-state index contributed by atoms with van der Waals surface area (Å²) in [6.07, 6.45) is 5.14. The predicted octanol–water partition coefficient (Wildman–Crippen LogP) is 2.86. The van der Waals surface area contributed by atoms with Gasteiger partial charge in [0.05, 0.1) is 5.56 Å². The molecule has 16 heavy (non-hydrogen) atoms. The summed E-state index contributed by atoms with van der Waals surface area (Å²) in [5, 5.41) is 19.0. The Kier molecular flexibility index (Phi) is 3.13. The van der Waals surface area contributed by atoms with E-state index < -0.39 is 0 Å². The summed E-state index contributed by atoms with van der Waals surface area (Å²) in [7, 11) is 0. The van der Waals surface area contributed by atoms with Crippen molar-refractivity contribution >= 4 is 5.78 Å². The van der Waals surface area contributed by atoms with Gasteiger partial charge in [0.25, 0.3) is 0 Å². The van der Waals surface area contributed by atoms with E-state index in [2.05, 4.69) is 0 Å². The average Bonchev–Trinajstić information content (AvgIpc) is 2.33. The minimum atomic E-state index is -0.280. The van der Waals surface area contributed by atoms with Gasteiger partial charge < -0.3 is 10.2 Å². The summed E-state index contributed by atoms with van der Waals surface area (Å²) in [5.74, 6) is -0.519. The summed E-state index contributed by atoms with van der Waals surface area (Å²) in [6.45, 7) is 0. The molecule has 1 saturated carbocycles. The molecule has 2 rings (SSSR count). The molecule has 1 aliphatic rings. The zero-order valence-corrected chi connectivity index (χ0v) is 9.15. The molecule has 0 heterocycles. The van der Waals surface area contributed by atoms with Gasteiger partial charge in [-0.1, -0.05) is 25.3 Å². The van der Waals surface area contributed by atoms with E-state index in [1.54, 1.807) is 12.1 Å². The molecule has 1 aromatic rings. The van der Waals surface area contributed by atoms with Crippen molar-refractivity contribution in [1.82, 2.24) is 0 Å². The van der Waals surface area contributed by atoms with E-state index in [1.807, 2.05) is 0 Å². The molecule has 0 bridgehead atoms. The van der Waals surface area contributed by atoms with Crippen LogP contribution in [0.2, 0.25) is 0 Å². The van der Waals surface area contributed by atoms with Crippen LogP contribution in [-0.2, 0) is 0 Å². The van der Waals surface area contributed by atoms with Crippen molar-refractivity contribution in [2.75, 3.05) is 0 Å². The first-order valence-electron chi connectivity index (χ1n) is 5.75. The number of hydrogen-bond donors (Lipinski definition) is 2. The van der Waals surface area contributed by atoms with Crippen molar-refractivity contribution in [3.05, 3.63) is 23.8 Å². The first-order chi connectivity index (χ1) is 7.70. The molecule has 1 aliphatic carbocycles. The first-order valence-corrected chi connectivity index (χ1v) is 5.75. The summed E-state index contributed by atoms with van der Waals surface area (Å²) >= 11 is 0. The van der Waals surface area contributed by atoms with Crippen molar-refractivity contribution in [3.8, 4) is 11.5 Å². The van der Waals surface area contributed by atoms with Gasteiger partial charge in [0, 0.05) is 5.92 Å². The maximum absolute atomic E-state index is 12.1. The molecule has 0 atom stereocenters. The largest absolute Gasteiger partial charge is 0.504 e. The Morgan fingerprint density at radius 1 is 1.12 bits per heavy atom. The lowest BCUT2D eigenvalue weighted by molar-refractivity contribution is 0.0886. The highest BCUT2D eigenvalue weighted by atomic mass is 16.3. The van der Waals surface area contributed by atoms with Gasteiger partial charge in [0.2, 0.25) is 0 Å². The zero-order chi connectivity index (χ0) is 11.5. The maximum Gasteiger partial charge on any atom is 0.169 e. The summed E-state index contributed by atoms with van der Waals surface area (Å²) in [6, 6.07) is 4.55. The lowest BCUT2D eigenvalue weighted by Gasteiger charge is -2.20. The van der Waals surface area contributed by atoms with Crippen molar-refractivity contribution < 1.29 is 15.0 Å². The molecule has 0 spiro atoms. The fourth-order valence-corrected chi connectivity index (χ4v) is 2.31. The van der Waals surface area contributed by atoms with E-state index in [1.165, 1.54) is 12.5 Å². The molecule has 2 N–H and O–H groups in total. The Morgan fingerprint density at radius 3 is 2.50 bits per heavy atom. The fraction of sp³-hybridized carbons (Fsp3) is 0.462. The van der Waals surface area contributed by atoms with Gasteiger partial charge in [0.15, 0.2) is 17.3 Å². The normalized spacial score (nSPS) is 17.2. The van der Waals surface area contributed by atoms with Crippen molar-refractivity contribution in [1.29, 1.82) is 0 Å². The summed E-state index contributed by atoms with van der Waals surface area (Å²) in [5.41, 5.74) is 0.256. The maximum atomic E-state index is 12.1. The van der Waals surface area contributed by atoms with Gasteiger partial charge in [-0.3, -0.25) is 4.79 Å². The number of rotatable bonds is 2. The molecule has 3 heteroatoms. The first kappa shape index (κ1) is 11.0. The number of carbonyl (C=O) groups excluding carboxylic acids is 1. The smallest absolute Gasteiger partial charge is 0.169 e. The molecule has 0 aromatic heterocycles. The van der Waals surface area contributed by atoms with E-state index in [0.717, 1.165) is 25.7 Å². The Balaban J connectivity index is 2.22. The SMILES string of the molecule is O=C(c1cccc(O)c1O)C1CCCCC1. The Hall–Kier alpha value is -1.51. The fourth-order valence-electron chi connectivity index (χ4n) is 2.31. The molecule has 1 aromatic carbocycles. The molecule has 0 unspecified atom stereocenters. The molecule has 0 radical (unpaired) electrons. The Labute approximate surface area is 94.7 Å². The van der Waals surface area contributed by atoms with Gasteiger partial charge in [-0.2, -0.15) is 0 Å². The molecule has 86 valence electrons. The molecule has 0 amide bonds. The number of para-hydroxylation sites is 1. The standard InChI is InChI=1S/C13H16O3/c14-11-8-4-7-10(13(11)16)12(15)9-5-2-1-3-6-9/h4,7-9,14,16H,1-3,5-6H2. The van der Waals surface area contributed by atoms with Crippen LogP contribution in [0.3, 0.4) is 0 Å². The van der Waals surface area contributed by atoms with Crippen LogP contribution in [0.5, 0.6) is 11.5 Å². The minimum absolute atomic E-state index is 0.0152. The number of phenolic OH excluding ortho intramolecular Hbond substituents is 2. The Morgan fingerprint density at radius 2 is 1.81 bits per heavy atom. The van der Waals surface area contributed by atoms with Crippen LogP contribution < -0.4 is 0 Å². The van der Waals surface area contributed by atoms with Gasteiger partial charge in [-0.25, -0.2) is 0 Å². The highest BCUT2D eigenvalue weighted by Crippen LogP contribution is 2.33. The number of phenols is 2. The molecule has 0 saturated heterocycles. The zero-order valence-electron chi connectivity index (χ0n) is 9.15. The van der Waals surface area contributed by atoms with E-state index in [9.17, 15) is 15.0 Å². The van der Waals surface area contributed by atoms with Crippen LogP contribution in [0.1, 0.15) is 42.5 Å². The molecule has 0 aliphatic heterocycles. The second kappa shape index (κ2) is 4.56. The van der Waals surface area contributed by atoms with E-state index >= 15 is 0 Å². The molecule has 3 nitrogen and oxygen atoms in total. The van der Waals surface area contributed by atoms with Crippen LogP contribution in [-0.4, -0.2) is 16.0 Å². The second-order valence-electron chi connectivity index (χ2n) is 4.37. The molecule has 1 fully saturated rings. The number of ketones is 1. The molecular formula is C13H16O3. The van der Waals surface area contributed by atoms with Gasteiger partial charge in [0.1, 0.15) is 0 Å². The lowest BCUT2D eigenvalue weighted by atomic mass is 9.83. The summed E-state index contributed by atoms with van der Waals surface area (Å²) < 4.78 is 0. The van der Waals surface area contributed by atoms with Gasteiger partial charge in [-0.15, -0.1) is 0 Å². The minimum Gasteiger partial charge on any atom is -0.504 e. The quantitative estimate of drug-likeness (QED) is 0.595. The topological polar surface area (TPSA) is 57.5 Å². The third-order valence-corrected chi connectivity index (χ3v) is 3.26. The number of Topliss-reactive ketones (excluding diaryl/α,β-unsaturated/α-hetero) is 1.